The Hall–Kier alpha value is -3.14. The van der Waals surface area contributed by atoms with Crippen LogP contribution in [0.2, 0.25) is 0 Å². The van der Waals surface area contributed by atoms with E-state index in [2.05, 4.69) is 15.5 Å². The molecular weight excluding hydrogens is 382 g/mol. The average molecular weight is 403 g/mol. The molecule has 0 unspecified atom stereocenters. The van der Waals surface area contributed by atoms with Crippen LogP contribution in [-0.4, -0.2) is 40.8 Å². The lowest BCUT2D eigenvalue weighted by molar-refractivity contribution is -0.119. The van der Waals surface area contributed by atoms with E-state index in [-0.39, 0.29) is 17.7 Å². The second-order valence-corrected chi connectivity index (χ2v) is 6.78. The van der Waals surface area contributed by atoms with Gasteiger partial charge in [0.15, 0.2) is 5.76 Å². The molecule has 1 aromatic carbocycles. The maximum atomic E-state index is 12.4. The third kappa shape index (κ3) is 4.22. The first-order valence-electron chi connectivity index (χ1n) is 8.42. The van der Waals surface area contributed by atoms with Crippen LogP contribution in [0.3, 0.4) is 0 Å². The molecule has 0 aliphatic rings. The van der Waals surface area contributed by atoms with Crippen molar-refractivity contribution >= 4 is 17.7 Å². The van der Waals surface area contributed by atoms with Crippen LogP contribution < -0.4 is 20.6 Å². The van der Waals surface area contributed by atoms with Gasteiger partial charge in [-0.1, -0.05) is 11.8 Å². The predicted octanol–water partition coefficient (Wildman–Crippen LogP) is 2.24. The number of ether oxygens (including phenoxy) is 2. The zero-order chi connectivity index (χ0) is 20.1. The lowest BCUT2D eigenvalue weighted by Gasteiger charge is -2.18. The molecule has 3 aromatic rings. The summed E-state index contributed by atoms with van der Waals surface area (Å²) in [5.41, 5.74) is 0.822. The first-order valence-corrected chi connectivity index (χ1v) is 9.40. The van der Waals surface area contributed by atoms with Crippen LogP contribution in [0, 0.1) is 0 Å². The van der Waals surface area contributed by atoms with E-state index in [4.69, 9.17) is 19.7 Å². The van der Waals surface area contributed by atoms with Gasteiger partial charge in [-0.2, -0.15) is 0 Å². The number of nitrogens with one attached hydrogen (secondary N) is 1. The van der Waals surface area contributed by atoms with E-state index in [9.17, 15) is 4.79 Å². The molecule has 0 radical (unpaired) electrons. The largest absolute Gasteiger partial charge is 0.497 e. The molecule has 0 saturated heterocycles. The van der Waals surface area contributed by atoms with Gasteiger partial charge in [0.1, 0.15) is 11.5 Å². The van der Waals surface area contributed by atoms with E-state index in [1.165, 1.54) is 22.7 Å². The highest BCUT2D eigenvalue weighted by Gasteiger charge is 2.18. The van der Waals surface area contributed by atoms with Gasteiger partial charge in [-0.15, -0.1) is 10.2 Å². The second kappa shape index (κ2) is 8.70. The molecule has 1 amide bonds. The van der Waals surface area contributed by atoms with Crippen LogP contribution in [0.5, 0.6) is 11.5 Å². The Kier molecular flexibility index (Phi) is 6.09. The number of carbonyl (C=O) groups is 1. The molecule has 3 rings (SSSR count). The Balaban J connectivity index is 1.62. The van der Waals surface area contributed by atoms with Crippen molar-refractivity contribution in [2.24, 2.45) is 0 Å². The fourth-order valence-electron chi connectivity index (χ4n) is 2.62. The second-order valence-electron chi connectivity index (χ2n) is 5.84. The van der Waals surface area contributed by atoms with Gasteiger partial charge < -0.3 is 25.1 Å². The van der Waals surface area contributed by atoms with Crippen molar-refractivity contribution in [1.29, 1.82) is 0 Å². The van der Waals surface area contributed by atoms with Gasteiger partial charge in [-0.25, -0.2) is 4.68 Å². The van der Waals surface area contributed by atoms with Gasteiger partial charge >= 0.3 is 0 Å². The minimum absolute atomic E-state index is 0.129. The number of nitrogens with zero attached hydrogens (tertiary/aromatic N) is 3. The highest BCUT2D eigenvalue weighted by atomic mass is 32.2. The molecule has 0 spiro atoms. The number of thioether (sulfide) groups is 1. The van der Waals surface area contributed by atoms with E-state index in [1.807, 2.05) is 13.0 Å². The molecule has 0 aliphatic heterocycles. The van der Waals surface area contributed by atoms with E-state index in [0.717, 1.165) is 5.56 Å². The number of amides is 1. The Bertz CT molecular complexity index is 942. The number of rotatable bonds is 8. The third-order valence-corrected chi connectivity index (χ3v) is 4.96. The minimum atomic E-state index is -0.271. The lowest BCUT2D eigenvalue weighted by Crippen LogP contribution is -2.28. The van der Waals surface area contributed by atoms with Gasteiger partial charge in [-0.3, -0.25) is 4.79 Å². The van der Waals surface area contributed by atoms with Crippen molar-refractivity contribution in [3.8, 4) is 23.1 Å². The van der Waals surface area contributed by atoms with Crippen LogP contribution in [0.15, 0.2) is 46.2 Å². The summed E-state index contributed by atoms with van der Waals surface area (Å²) in [5, 5.41) is 11.3. The third-order valence-electron chi connectivity index (χ3n) is 4.02. The first kappa shape index (κ1) is 19.6. The highest BCUT2D eigenvalue weighted by molar-refractivity contribution is 7.99. The van der Waals surface area contributed by atoms with Gasteiger partial charge in [0.2, 0.25) is 16.9 Å². The highest BCUT2D eigenvalue weighted by Crippen LogP contribution is 2.29. The van der Waals surface area contributed by atoms with Gasteiger partial charge in [0, 0.05) is 5.56 Å². The van der Waals surface area contributed by atoms with E-state index < -0.39 is 0 Å². The number of hydrogen-bond acceptors (Lipinski definition) is 8. The number of nitrogens with two attached hydrogens (primary N) is 1. The van der Waals surface area contributed by atoms with Crippen molar-refractivity contribution in [2.45, 2.75) is 18.1 Å². The summed E-state index contributed by atoms with van der Waals surface area (Å²) in [4.78, 5) is 12.4. The predicted molar refractivity (Wildman–Crippen MR) is 105 cm³/mol. The topological polar surface area (TPSA) is 117 Å². The van der Waals surface area contributed by atoms with E-state index in [0.29, 0.717) is 28.2 Å². The normalized spacial score (nSPS) is 11.8. The summed E-state index contributed by atoms with van der Waals surface area (Å²) in [6.45, 7) is 1.88. The molecule has 0 saturated carbocycles. The van der Waals surface area contributed by atoms with Gasteiger partial charge in [0.05, 0.1) is 32.3 Å². The number of furan rings is 1. The van der Waals surface area contributed by atoms with Crippen LogP contribution in [0.4, 0.5) is 0 Å². The number of carbonyl (C=O) groups excluding carboxylic acids is 1. The van der Waals surface area contributed by atoms with Crippen molar-refractivity contribution in [3.63, 3.8) is 0 Å². The summed E-state index contributed by atoms with van der Waals surface area (Å²) in [6, 6.07) is 8.64. The molecule has 3 N–H and O–H groups in total. The molecule has 148 valence electrons. The number of methoxy groups -OCH3 is 2. The Labute approximate surface area is 166 Å². The molecule has 10 heteroatoms. The van der Waals surface area contributed by atoms with E-state index in [1.54, 1.807) is 38.5 Å². The fourth-order valence-corrected chi connectivity index (χ4v) is 3.29. The van der Waals surface area contributed by atoms with Crippen molar-refractivity contribution in [1.82, 2.24) is 20.2 Å². The number of benzene rings is 1. The molecule has 0 fully saturated rings. The summed E-state index contributed by atoms with van der Waals surface area (Å²) < 4.78 is 17.2. The quantitative estimate of drug-likeness (QED) is 0.434. The number of hydrogen-bond donors (Lipinski definition) is 2. The van der Waals surface area contributed by atoms with Crippen LogP contribution >= 0.6 is 11.8 Å². The summed E-state index contributed by atoms with van der Waals surface area (Å²) in [7, 11) is 3.17. The first-order chi connectivity index (χ1) is 13.5. The zero-order valence-electron chi connectivity index (χ0n) is 15.7. The maximum Gasteiger partial charge on any atom is 0.230 e. The zero-order valence-corrected chi connectivity index (χ0v) is 16.5. The summed E-state index contributed by atoms with van der Waals surface area (Å²) in [6.07, 6.45) is 1.53. The molecular formula is C18H21N5O4S. The van der Waals surface area contributed by atoms with Gasteiger partial charge in [0.25, 0.3) is 0 Å². The molecule has 0 aliphatic carbocycles. The molecule has 9 nitrogen and oxygen atoms in total. The van der Waals surface area contributed by atoms with Gasteiger partial charge in [-0.05, 0) is 37.3 Å². The lowest BCUT2D eigenvalue weighted by atomic mass is 10.1. The van der Waals surface area contributed by atoms with Crippen molar-refractivity contribution in [2.75, 3.05) is 25.8 Å². The van der Waals surface area contributed by atoms with Crippen molar-refractivity contribution < 1.29 is 18.7 Å². The number of nitrogen functional groups attached to an aromatic ring is 1. The standard InChI is InChI=1S/C18H21N5O4S/c1-11(13-9-12(25-2)6-7-14(13)26-3)20-16(24)10-28-18-22-21-17(23(18)19)15-5-4-8-27-15/h4-9,11H,10,19H2,1-3H3,(H,20,24)/t11-/m1/s1. The number of aromatic nitrogens is 3. The maximum absolute atomic E-state index is 12.4. The summed E-state index contributed by atoms with van der Waals surface area (Å²) >= 11 is 1.18. The van der Waals surface area contributed by atoms with Crippen molar-refractivity contribution in [3.05, 3.63) is 42.2 Å². The average Bonchev–Trinajstić information content (AvgIpc) is 3.35. The van der Waals surface area contributed by atoms with Crippen LogP contribution in [-0.2, 0) is 4.79 Å². The monoisotopic (exact) mass is 403 g/mol. The molecule has 2 heterocycles. The molecule has 2 aromatic heterocycles. The Morgan fingerprint density at radius 3 is 2.82 bits per heavy atom. The molecule has 0 bridgehead atoms. The Morgan fingerprint density at radius 2 is 2.14 bits per heavy atom. The smallest absolute Gasteiger partial charge is 0.230 e. The fraction of sp³-hybridized carbons (Fsp3) is 0.278. The van der Waals surface area contributed by atoms with Crippen LogP contribution in [0.25, 0.3) is 11.6 Å². The Morgan fingerprint density at radius 1 is 1.32 bits per heavy atom. The minimum Gasteiger partial charge on any atom is -0.497 e. The molecule has 28 heavy (non-hydrogen) atoms. The van der Waals surface area contributed by atoms with Crippen LogP contribution in [0.1, 0.15) is 18.5 Å². The summed E-state index contributed by atoms with van der Waals surface area (Å²) in [5.74, 6) is 8.20. The van der Waals surface area contributed by atoms with E-state index >= 15 is 0 Å². The SMILES string of the molecule is COc1ccc(OC)c([C@@H](C)NC(=O)CSc2nnc(-c3ccco3)n2N)c1. The molecule has 1 atom stereocenters.